The second-order valence-electron chi connectivity index (χ2n) is 5.28. The summed E-state index contributed by atoms with van der Waals surface area (Å²) in [4.78, 5) is 23.1. The lowest BCUT2D eigenvalue weighted by Crippen LogP contribution is -2.53. The van der Waals surface area contributed by atoms with Crippen molar-refractivity contribution < 1.29 is 18.7 Å². The highest BCUT2D eigenvalue weighted by molar-refractivity contribution is 5.87. The topological polar surface area (TPSA) is 67.4 Å². The Bertz CT molecular complexity index is 583. The first-order chi connectivity index (χ1) is 10.5. The molecule has 0 spiro atoms. The van der Waals surface area contributed by atoms with Crippen LogP contribution in [-0.2, 0) is 16.0 Å². The number of benzene rings is 1. The third kappa shape index (κ3) is 4.07. The highest BCUT2D eigenvalue weighted by Crippen LogP contribution is 2.22. The number of ether oxygens (including phenoxy) is 1. The standard InChI is InChI=1S/C16H19FN2O3/c1-3-15(20)18-12-8-13(9-12)19-16(21)6-10-4-5-11(17)7-14(10)22-2/h3-5,7,12-13H,1,6,8-9H2,2H3,(H,18,20)(H,19,21). The normalized spacial score (nSPS) is 19.7. The van der Waals surface area contributed by atoms with Gasteiger partial charge in [0.05, 0.1) is 13.5 Å². The molecule has 0 unspecified atom stereocenters. The number of amides is 2. The molecule has 1 aliphatic rings. The van der Waals surface area contributed by atoms with Gasteiger partial charge in [-0.2, -0.15) is 0 Å². The molecule has 0 saturated heterocycles. The summed E-state index contributed by atoms with van der Waals surface area (Å²) in [7, 11) is 1.44. The predicted octanol–water partition coefficient (Wildman–Crippen LogP) is 1.33. The molecule has 2 N–H and O–H groups in total. The second-order valence-corrected chi connectivity index (χ2v) is 5.28. The lowest BCUT2D eigenvalue weighted by Gasteiger charge is -2.36. The lowest BCUT2D eigenvalue weighted by atomic mass is 9.86. The summed E-state index contributed by atoms with van der Waals surface area (Å²) in [6.07, 6.45) is 2.76. The van der Waals surface area contributed by atoms with Gasteiger partial charge in [0.15, 0.2) is 0 Å². The number of rotatable bonds is 6. The molecule has 1 aromatic rings. The lowest BCUT2D eigenvalue weighted by molar-refractivity contribution is -0.122. The van der Waals surface area contributed by atoms with Gasteiger partial charge < -0.3 is 15.4 Å². The number of hydrogen-bond acceptors (Lipinski definition) is 3. The van der Waals surface area contributed by atoms with Gasteiger partial charge in [-0.1, -0.05) is 12.6 Å². The molecule has 0 radical (unpaired) electrons. The first-order valence-corrected chi connectivity index (χ1v) is 7.06. The summed E-state index contributed by atoms with van der Waals surface area (Å²) < 4.78 is 18.2. The van der Waals surface area contributed by atoms with E-state index in [9.17, 15) is 14.0 Å². The zero-order valence-electron chi connectivity index (χ0n) is 12.4. The van der Waals surface area contributed by atoms with E-state index in [1.165, 1.54) is 25.3 Å². The number of carbonyl (C=O) groups excluding carboxylic acids is 2. The molecule has 118 valence electrons. The first-order valence-electron chi connectivity index (χ1n) is 7.06. The number of hydrogen-bond donors (Lipinski definition) is 2. The van der Waals surface area contributed by atoms with Gasteiger partial charge in [-0.25, -0.2) is 4.39 Å². The van der Waals surface area contributed by atoms with Crippen LogP contribution in [0.4, 0.5) is 4.39 Å². The predicted molar refractivity (Wildman–Crippen MR) is 79.9 cm³/mol. The minimum Gasteiger partial charge on any atom is -0.496 e. The third-order valence-electron chi connectivity index (χ3n) is 3.64. The van der Waals surface area contributed by atoms with Crippen LogP contribution in [0.3, 0.4) is 0 Å². The summed E-state index contributed by atoms with van der Waals surface area (Å²) >= 11 is 0. The van der Waals surface area contributed by atoms with Crippen LogP contribution in [0.25, 0.3) is 0 Å². The van der Waals surface area contributed by atoms with Gasteiger partial charge in [0.2, 0.25) is 11.8 Å². The molecule has 1 fully saturated rings. The Hall–Kier alpha value is -2.37. The van der Waals surface area contributed by atoms with Crippen LogP contribution in [0.2, 0.25) is 0 Å². The molecule has 0 aromatic heterocycles. The van der Waals surface area contributed by atoms with E-state index in [1.807, 2.05) is 0 Å². The zero-order chi connectivity index (χ0) is 16.1. The molecular formula is C16H19FN2O3. The Balaban J connectivity index is 1.80. The molecule has 6 heteroatoms. The van der Waals surface area contributed by atoms with Crippen LogP contribution in [0.1, 0.15) is 18.4 Å². The van der Waals surface area contributed by atoms with Crippen LogP contribution >= 0.6 is 0 Å². The Morgan fingerprint density at radius 2 is 2.05 bits per heavy atom. The van der Waals surface area contributed by atoms with Crippen molar-refractivity contribution in [3.63, 3.8) is 0 Å². The maximum absolute atomic E-state index is 13.1. The van der Waals surface area contributed by atoms with E-state index in [4.69, 9.17) is 4.74 Å². The quantitative estimate of drug-likeness (QED) is 0.779. The van der Waals surface area contributed by atoms with Crippen molar-refractivity contribution >= 4 is 11.8 Å². The van der Waals surface area contributed by atoms with Crippen molar-refractivity contribution in [1.29, 1.82) is 0 Å². The van der Waals surface area contributed by atoms with E-state index < -0.39 is 5.82 Å². The van der Waals surface area contributed by atoms with Gasteiger partial charge >= 0.3 is 0 Å². The largest absolute Gasteiger partial charge is 0.496 e. The smallest absolute Gasteiger partial charge is 0.243 e. The van der Waals surface area contributed by atoms with Crippen molar-refractivity contribution in [3.8, 4) is 5.75 Å². The third-order valence-corrected chi connectivity index (χ3v) is 3.64. The molecule has 2 rings (SSSR count). The van der Waals surface area contributed by atoms with Crippen LogP contribution in [0.5, 0.6) is 5.75 Å². The van der Waals surface area contributed by atoms with E-state index in [0.717, 1.165) is 0 Å². The van der Waals surface area contributed by atoms with Gasteiger partial charge in [-0.05, 0) is 25.0 Å². The van der Waals surface area contributed by atoms with Crippen molar-refractivity contribution in [3.05, 3.63) is 42.2 Å². The molecule has 2 amide bonds. The molecule has 5 nitrogen and oxygen atoms in total. The van der Waals surface area contributed by atoms with Crippen molar-refractivity contribution in [1.82, 2.24) is 10.6 Å². The van der Waals surface area contributed by atoms with Crippen LogP contribution in [0, 0.1) is 5.82 Å². The maximum Gasteiger partial charge on any atom is 0.243 e. The van der Waals surface area contributed by atoms with Crippen molar-refractivity contribution in [2.24, 2.45) is 0 Å². The summed E-state index contributed by atoms with van der Waals surface area (Å²) in [6, 6.07) is 4.23. The summed E-state index contributed by atoms with van der Waals surface area (Å²) in [6.45, 7) is 3.39. The molecule has 22 heavy (non-hydrogen) atoms. The van der Waals surface area contributed by atoms with E-state index in [1.54, 1.807) is 6.07 Å². The van der Waals surface area contributed by atoms with Gasteiger partial charge in [0.1, 0.15) is 11.6 Å². The molecule has 1 saturated carbocycles. The number of carbonyl (C=O) groups is 2. The maximum atomic E-state index is 13.1. The first kappa shape index (κ1) is 16.0. The molecule has 1 aliphatic carbocycles. The van der Waals surface area contributed by atoms with Gasteiger partial charge in [0.25, 0.3) is 0 Å². The fraction of sp³-hybridized carbons (Fsp3) is 0.375. The van der Waals surface area contributed by atoms with Crippen molar-refractivity contribution in [2.45, 2.75) is 31.3 Å². The second kappa shape index (κ2) is 7.06. The van der Waals surface area contributed by atoms with Crippen LogP contribution < -0.4 is 15.4 Å². The Morgan fingerprint density at radius 1 is 1.36 bits per heavy atom. The molecule has 0 aliphatic heterocycles. The summed E-state index contributed by atoms with van der Waals surface area (Å²) in [5.41, 5.74) is 0.636. The minimum absolute atomic E-state index is 0.0501. The summed E-state index contributed by atoms with van der Waals surface area (Å²) in [5, 5.41) is 5.66. The van der Waals surface area contributed by atoms with Gasteiger partial charge in [0, 0.05) is 23.7 Å². The molecule has 0 bridgehead atoms. The minimum atomic E-state index is -0.402. The SMILES string of the molecule is C=CC(=O)NC1CC(NC(=O)Cc2ccc(F)cc2OC)C1. The molecule has 0 atom stereocenters. The summed E-state index contributed by atoms with van der Waals surface area (Å²) in [5.74, 6) is -0.394. The highest BCUT2D eigenvalue weighted by atomic mass is 19.1. The molecule has 1 aromatic carbocycles. The van der Waals surface area contributed by atoms with E-state index >= 15 is 0 Å². The Kier molecular flexibility index (Phi) is 5.14. The number of halogens is 1. The average Bonchev–Trinajstić information content (AvgIpc) is 2.46. The fourth-order valence-corrected chi connectivity index (χ4v) is 2.43. The Morgan fingerprint density at radius 3 is 2.68 bits per heavy atom. The monoisotopic (exact) mass is 306 g/mol. The zero-order valence-corrected chi connectivity index (χ0v) is 12.4. The van der Waals surface area contributed by atoms with Crippen LogP contribution in [0.15, 0.2) is 30.9 Å². The fourth-order valence-electron chi connectivity index (χ4n) is 2.43. The van der Waals surface area contributed by atoms with Crippen molar-refractivity contribution in [2.75, 3.05) is 7.11 Å². The number of nitrogens with one attached hydrogen (secondary N) is 2. The van der Waals surface area contributed by atoms with Gasteiger partial charge in [-0.3, -0.25) is 9.59 Å². The van der Waals surface area contributed by atoms with Gasteiger partial charge in [-0.15, -0.1) is 0 Å². The Labute approximate surface area is 128 Å². The number of methoxy groups -OCH3 is 1. The van der Waals surface area contributed by atoms with E-state index in [2.05, 4.69) is 17.2 Å². The van der Waals surface area contributed by atoms with E-state index in [-0.39, 0.29) is 30.3 Å². The average molecular weight is 306 g/mol. The molecule has 0 heterocycles. The van der Waals surface area contributed by atoms with E-state index in [0.29, 0.717) is 24.2 Å². The highest BCUT2D eigenvalue weighted by Gasteiger charge is 2.30. The van der Waals surface area contributed by atoms with Crippen LogP contribution in [-0.4, -0.2) is 31.0 Å². The molecular weight excluding hydrogens is 287 g/mol.